The number of benzene rings is 1. The fourth-order valence-electron chi connectivity index (χ4n) is 1.90. The molecule has 0 atom stereocenters. The van der Waals surface area contributed by atoms with Gasteiger partial charge in [0.05, 0.1) is 6.07 Å². The van der Waals surface area contributed by atoms with E-state index in [0.717, 1.165) is 23.4 Å². The van der Waals surface area contributed by atoms with Crippen molar-refractivity contribution in [2.24, 2.45) is 0 Å². The SMILES string of the molecule is CNCc1cc(C)c(OCC(=O)NCC#N)c(C)c1. The van der Waals surface area contributed by atoms with Crippen LogP contribution in [0.1, 0.15) is 16.7 Å². The number of rotatable bonds is 6. The maximum Gasteiger partial charge on any atom is 0.258 e. The molecule has 19 heavy (non-hydrogen) atoms. The van der Waals surface area contributed by atoms with Crippen LogP contribution in [0.3, 0.4) is 0 Å². The van der Waals surface area contributed by atoms with E-state index in [0.29, 0.717) is 0 Å². The molecule has 2 N–H and O–H groups in total. The first-order chi connectivity index (χ1) is 9.08. The van der Waals surface area contributed by atoms with E-state index < -0.39 is 0 Å². The summed E-state index contributed by atoms with van der Waals surface area (Å²) in [6.07, 6.45) is 0. The van der Waals surface area contributed by atoms with Crippen molar-refractivity contribution < 1.29 is 9.53 Å². The highest BCUT2D eigenvalue weighted by molar-refractivity contribution is 5.77. The summed E-state index contributed by atoms with van der Waals surface area (Å²) in [5.41, 5.74) is 3.18. The van der Waals surface area contributed by atoms with Crippen molar-refractivity contribution in [3.05, 3.63) is 28.8 Å². The summed E-state index contributed by atoms with van der Waals surface area (Å²) in [4.78, 5) is 11.4. The second kappa shape index (κ2) is 7.39. The molecule has 102 valence electrons. The number of ether oxygens (including phenoxy) is 1. The minimum Gasteiger partial charge on any atom is -0.483 e. The van der Waals surface area contributed by atoms with Gasteiger partial charge in [0, 0.05) is 6.54 Å². The minimum atomic E-state index is -0.292. The summed E-state index contributed by atoms with van der Waals surface area (Å²) in [5, 5.41) is 13.9. The summed E-state index contributed by atoms with van der Waals surface area (Å²) in [5.74, 6) is 0.437. The number of carbonyl (C=O) groups is 1. The van der Waals surface area contributed by atoms with Gasteiger partial charge in [0.1, 0.15) is 12.3 Å². The Morgan fingerprint density at radius 2 is 2.00 bits per heavy atom. The molecule has 5 nitrogen and oxygen atoms in total. The zero-order valence-electron chi connectivity index (χ0n) is 11.5. The van der Waals surface area contributed by atoms with Crippen LogP contribution >= 0.6 is 0 Å². The highest BCUT2D eigenvalue weighted by atomic mass is 16.5. The molecule has 1 aromatic carbocycles. The zero-order valence-corrected chi connectivity index (χ0v) is 11.5. The Morgan fingerprint density at radius 3 is 2.53 bits per heavy atom. The van der Waals surface area contributed by atoms with Crippen LogP contribution in [0.4, 0.5) is 0 Å². The number of nitrogens with zero attached hydrogens (tertiary/aromatic N) is 1. The molecule has 0 heterocycles. The highest BCUT2D eigenvalue weighted by Gasteiger charge is 2.08. The molecule has 0 fully saturated rings. The fourth-order valence-corrected chi connectivity index (χ4v) is 1.90. The topological polar surface area (TPSA) is 74.2 Å². The summed E-state index contributed by atoms with van der Waals surface area (Å²) in [6, 6.07) is 5.91. The van der Waals surface area contributed by atoms with E-state index >= 15 is 0 Å². The Hall–Kier alpha value is -2.06. The third-order valence-electron chi connectivity index (χ3n) is 2.61. The molecule has 0 aliphatic carbocycles. The molecule has 1 rings (SSSR count). The van der Waals surface area contributed by atoms with Gasteiger partial charge in [-0.2, -0.15) is 5.26 Å². The van der Waals surface area contributed by atoms with Crippen LogP contribution in [0.15, 0.2) is 12.1 Å². The van der Waals surface area contributed by atoms with Gasteiger partial charge in [0.2, 0.25) is 0 Å². The van der Waals surface area contributed by atoms with Gasteiger partial charge in [-0.3, -0.25) is 4.79 Å². The van der Waals surface area contributed by atoms with E-state index in [1.807, 2.05) is 39.1 Å². The van der Waals surface area contributed by atoms with Gasteiger partial charge in [-0.25, -0.2) is 0 Å². The monoisotopic (exact) mass is 261 g/mol. The Balaban J connectivity index is 2.69. The van der Waals surface area contributed by atoms with E-state index in [-0.39, 0.29) is 19.1 Å². The van der Waals surface area contributed by atoms with Gasteiger partial charge in [-0.15, -0.1) is 0 Å². The van der Waals surface area contributed by atoms with Crippen molar-refractivity contribution >= 4 is 5.91 Å². The number of carbonyl (C=O) groups excluding carboxylic acids is 1. The van der Waals surface area contributed by atoms with Crippen LogP contribution in [0.5, 0.6) is 5.75 Å². The van der Waals surface area contributed by atoms with Crippen molar-refractivity contribution in [2.45, 2.75) is 20.4 Å². The third kappa shape index (κ3) is 4.60. The minimum absolute atomic E-state index is 0.00125. The Labute approximate surface area is 113 Å². The number of nitriles is 1. The molecule has 1 aromatic rings. The molecule has 0 saturated carbocycles. The van der Waals surface area contributed by atoms with E-state index in [1.165, 1.54) is 5.56 Å². The van der Waals surface area contributed by atoms with E-state index in [1.54, 1.807) is 0 Å². The second-order valence-electron chi connectivity index (χ2n) is 4.31. The molecule has 0 radical (unpaired) electrons. The predicted octanol–water partition coefficient (Wildman–Crippen LogP) is 1.04. The lowest BCUT2D eigenvalue weighted by Gasteiger charge is -2.13. The van der Waals surface area contributed by atoms with Crippen LogP contribution in [-0.2, 0) is 11.3 Å². The molecular formula is C14H19N3O2. The average Bonchev–Trinajstić information content (AvgIpc) is 2.35. The van der Waals surface area contributed by atoms with Crippen molar-refractivity contribution in [2.75, 3.05) is 20.2 Å². The third-order valence-corrected chi connectivity index (χ3v) is 2.61. The number of hydrogen-bond acceptors (Lipinski definition) is 4. The van der Waals surface area contributed by atoms with Crippen molar-refractivity contribution in [3.8, 4) is 11.8 Å². The molecule has 0 aliphatic rings. The van der Waals surface area contributed by atoms with Crippen LogP contribution in [0.25, 0.3) is 0 Å². The highest BCUT2D eigenvalue weighted by Crippen LogP contribution is 2.24. The molecule has 0 saturated heterocycles. The maximum absolute atomic E-state index is 11.4. The molecular weight excluding hydrogens is 242 g/mol. The Kier molecular flexibility index (Phi) is 5.83. The van der Waals surface area contributed by atoms with Gasteiger partial charge in [-0.1, -0.05) is 12.1 Å². The molecule has 1 amide bonds. The fraction of sp³-hybridized carbons (Fsp3) is 0.429. The molecule has 0 aromatic heterocycles. The molecule has 5 heteroatoms. The number of aryl methyl sites for hydroxylation is 2. The van der Waals surface area contributed by atoms with E-state index in [4.69, 9.17) is 10.00 Å². The molecule has 0 bridgehead atoms. The summed E-state index contributed by atoms with van der Waals surface area (Å²) in [6.45, 7) is 4.63. The first-order valence-corrected chi connectivity index (χ1v) is 6.09. The van der Waals surface area contributed by atoms with Gasteiger partial charge >= 0.3 is 0 Å². The molecule has 0 unspecified atom stereocenters. The standard InChI is InChI=1S/C14H19N3O2/c1-10-6-12(8-16-3)7-11(2)14(10)19-9-13(18)17-5-4-15/h6-7,16H,5,8-9H2,1-3H3,(H,17,18). The average molecular weight is 261 g/mol. The van der Waals surface area contributed by atoms with Gasteiger partial charge in [0.15, 0.2) is 6.61 Å². The van der Waals surface area contributed by atoms with Crippen molar-refractivity contribution in [1.29, 1.82) is 5.26 Å². The van der Waals surface area contributed by atoms with Gasteiger partial charge in [-0.05, 0) is 37.6 Å². The Bertz CT molecular complexity index is 469. The van der Waals surface area contributed by atoms with E-state index in [2.05, 4.69) is 10.6 Å². The zero-order chi connectivity index (χ0) is 14.3. The first-order valence-electron chi connectivity index (χ1n) is 6.09. The van der Waals surface area contributed by atoms with Crippen LogP contribution in [-0.4, -0.2) is 26.1 Å². The molecule has 0 spiro atoms. The lowest BCUT2D eigenvalue weighted by atomic mass is 10.1. The first kappa shape index (κ1) is 15.0. The number of hydrogen-bond donors (Lipinski definition) is 2. The number of nitrogens with one attached hydrogen (secondary N) is 2. The second-order valence-corrected chi connectivity index (χ2v) is 4.31. The summed E-state index contributed by atoms with van der Waals surface area (Å²) < 4.78 is 5.52. The van der Waals surface area contributed by atoms with E-state index in [9.17, 15) is 4.79 Å². The largest absolute Gasteiger partial charge is 0.483 e. The van der Waals surface area contributed by atoms with Crippen molar-refractivity contribution in [1.82, 2.24) is 10.6 Å². The summed E-state index contributed by atoms with van der Waals surface area (Å²) >= 11 is 0. The lowest BCUT2D eigenvalue weighted by Crippen LogP contribution is -2.29. The van der Waals surface area contributed by atoms with Crippen LogP contribution < -0.4 is 15.4 Å². The van der Waals surface area contributed by atoms with Crippen molar-refractivity contribution in [3.63, 3.8) is 0 Å². The summed E-state index contributed by atoms with van der Waals surface area (Å²) in [7, 11) is 1.90. The normalized spacial score (nSPS) is 9.79. The quantitative estimate of drug-likeness (QED) is 0.750. The predicted molar refractivity (Wildman–Crippen MR) is 72.8 cm³/mol. The Morgan fingerprint density at radius 1 is 1.37 bits per heavy atom. The lowest BCUT2D eigenvalue weighted by molar-refractivity contribution is -0.122. The smallest absolute Gasteiger partial charge is 0.258 e. The maximum atomic E-state index is 11.4. The van der Waals surface area contributed by atoms with Crippen LogP contribution in [0, 0.1) is 25.2 Å². The molecule has 0 aliphatic heterocycles. The van der Waals surface area contributed by atoms with Gasteiger partial charge < -0.3 is 15.4 Å². The van der Waals surface area contributed by atoms with Gasteiger partial charge in [0.25, 0.3) is 5.91 Å². The van der Waals surface area contributed by atoms with Crippen LogP contribution in [0.2, 0.25) is 0 Å². The number of amides is 1.